The highest BCUT2D eigenvalue weighted by atomic mass is 16.5. The van der Waals surface area contributed by atoms with Gasteiger partial charge in [-0.1, -0.05) is 43.3 Å². The highest BCUT2D eigenvalue weighted by Crippen LogP contribution is 2.30. The molecule has 0 fully saturated rings. The minimum atomic E-state index is -0.0719. The third-order valence-electron chi connectivity index (χ3n) is 3.72. The number of rotatable bonds is 6. The fraction of sp³-hybridized carbons (Fsp3) is 0.333. The van der Waals surface area contributed by atoms with Crippen molar-refractivity contribution in [1.82, 2.24) is 5.43 Å². The molecule has 2 aromatic rings. The van der Waals surface area contributed by atoms with Crippen molar-refractivity contribution in [3.05, 3.63) is 64.7 Å². The maximum atomic E-state index is 5.85. The summed E-state index contributed by atoms with van der Waals surface area (Å²) < 4.78 is 5.85. The van der Waals surface area contributed by atoms with Gasteiger partial charge in [-0.05, 0) is 43.0 Å². The van der Waals surface area contributed by atoms with E-state index >= 15 is 0 Å². The first-order valence-electron chi connectivity index (χ1n) is 7.42. The first-order chi connectivity index (χ1) is 10.2. The summed E-state index contributed by atoms with van der Waals surface area (Å²) >= 11 is 0. The summed E-state index contributed by atoms with van der Waals surface area (Å²) in [5.41, 5.74) is 7.68. The summed E-state index contributed by atoms with van der Waals surface area (Å²) in [5, 5.41) is 0. The SMILES string of the molecule is CCCOc1ccccc1C(NN)c1ccc(C)c(C)c1. The monoisotopic (exact) mass is 284 g/mol. The minimum absolute atomic E-state index is 0.0719. The zero-order valence-corrected chi connectivity index (χ0v) is 13.0. The fourth-order valence-corrected chi connectivity index (χ4v) is 2.37. The van der Waals surface area contributed by atoms with Crippen LogP contribution in [0.1, 0.15) is 41.6 Å². The summed E-state index contributed by atoms with van der Waals surface area (Å²) in [4.78, 5) is 0. The summed E-state index contributed by atoms with van der Waals surface area (Å²) in [5.74, 6) is 6.71. The molecule has 0 radical (unpaired) electrons. The summed E-state index contributed by atoms with van der Waals surface area (Å²) in [6.45, 7) is 7.04. The van der Waals surface area contributed by atoms with E-state index in [1.165, 1.54) is 11.1 Å². The van der Waals surface area contributed by atoms with Crippen molar-refractivity contribution < 1.29 is 4.74 Å². The van der Waals surface area contributed by atoms with Crippen molar-refractivity contribution in [2.45, 2.75) is 33.2 Å². The molecule has 0 aliphatic rings. The van der Waals surface area contributed by atoms with E-state index in [9.17, 15) is 0 Å². The predicted octanol–water partition coefficient (Wildman–Crippen LogP) is 3.64. The molecule has 0 spiro atoms. The normalized spacial score (nSPS) is 12.2. The van der Waals surface area contributed by atoms with E-state index in [0.717, 1.165) is 23.3 Å². The highest BCUT2D eigenvalue weighted by molar-refractivity contribution is 5.43. The Bertz CT molecular complexity index is 596. The number of nitrogens with one attached hydrogen (secondary N) is 1. The first kappa shape index (κ1) is 15.5. The molecule has 21 heavy (non-hydrogen) atoms. The molecule has 2 rings (SSSR count). The van der Waals surface area contributed by atoms with E-state index < -0.39 is 0 Å². The molecule has 0 saturated heterocycles. The molecule has 1 atom stereocenters. The van der Waals surface area contributed by atoms with Gasteiger partial charge in [-0.25, -0.2) is 5.43 Å². The number of hydrogen-bond donors (Lipinski definition) is 2. The zero-order valence-electron chi connectivity index (χ0n) is 13.0. The van der Waals surface area contributed by atoms with Crippen molar-refractivity contribution in [1.29, 1.82) is 0 Å². The Morgan fingerprint density at radius 1 is 1.10 bits per heavy atom. The molecule has 3 N–H and O–H groups in total. The van der Waals surface area contributed by atoms with Crippen molar-refractivity contribution >= 4 is 0 Å². The second-order valence-corrected chi connectivity index (χ2v) is 5.33. The van der Waals surface area contributed by atoms with Crippen molar-refractivity contribution in [2.24, 2.45) is 5.84 Å². The average molecular weight is 284 g/mol. The Morgan fingerprint density at radius 2 is 1.86 bits per heavy atom. The summed E-state index contributed by atoms with van der Waals surface area (Å²) in [7, 11) is 0. The number of hydrogen-bond acceptors (Lipinski definition) is 3. The van der Waals surface area contributed by atoms with Gasteiger partial charge in [-0.3, -0.25) is 5.84 Å². The standard InChI is InChI=1S/C18H24N2O/c1-4-11-21-17-8-6-5-7-16(17)18(20-19)15-10-9-13(2)14(3)12-15/h5-10,12,18,20H,4,11,19H2,1-3H3. The number of ether oxygens (including phenoxy) is 1. The van der Waals surface area contributed by atoms with Crippen LogP contribution in [0.15, 0.2) is 42.5 Å². The maximum Gasteiger partial charge on any atom is 0.124 e. The quantitative estimate of drug-likeness (QED) is 0.629. The van der Waals surface area contributed by atoms with Crippen molar-refractivity contribution in [3.8, 4) is 5.75 Å². The zero-order chi connectivity index (χ0) is 15.2. The van der Waals surface area contributed by atoms with Crippen LogP contribution in [-0.2, 0) is 0 Å². The second-order valence-electron chi connectivity index (χ2n) is 5.33. The third kappa shape index (κ3) is 3.63. The molecule has 2 aromatic carbocycles. The first-order valence-corrected chi connectivity index (χ1v) is 7.42. The molecular formula is C18H24N2O. The minimum Gasteiger partial charge on any atom is -0.493 e. The van der Waals surface area contributed by atoms with Gasteiger partial charge in [0.05, 0.1) is 12.6 Å². The molecule has 1 unspecified atom stereocenters. The molecule has 3 heteroatoms. The van der Waals surface area contributed by atoms with E-state index in [4.69, 9.17) is 10.6 Å². The largest absolute Gasteiger partial charge is 0.493 e. The molecule has 0 aromatic heterocycles. The average Bonchev–Trinajstić information content (AvgIpc) is 2.50. The lowest BCUT2D eigenvalue weighted by molar-refractivity contribution is 0.311. The van der Waals surface area contributed by atoms with Gasteiger partial charge in [0.15, 0.2) is 0 Å². The van der Waals surface area contributed by atoms with E-state index in [1.54, 1.807) is 0 Å². The van der Waals surface area contributed by atoms with Crippen LogP contribution in [0.25, 0.3) is 0 Å². The van der Waals surface area contributed by atoms with E-state index in [0.29, 0.717) is 6.61 Å². The molecule has 0 aliphatic heterocycles. The summed E-state index contributed by atoms with van der Waals surface area (Å²) in [6.07, 6.45) is 0.985. The third-order valence-corrected chi connectivity index (χ3v) is 3.72. The maximum absolute atomic E-state index is 5.85. The lowest BCUT2D eigenvalue weighted by Gasteiger charge is -2.21. The van der Waals surface area contributed by atoms with Crippen LogP contribution >= 0.6 is 0 Å². The number of hydrazine groups is 1. The number of para-hydroxylation sites is 1. The van der Waals surface area contributed by atoms with Gasteiger partial charge in [0.25, 0.3) is 0 Å². The fourth-order valence-electron chi connectivity index (χ4n) is 2.37. The molecule has 0 aliphatic carbocycles. The van der Waals surface area contributed by atoms with Crippen molar-refractivity contribution in [2.75, 3.05) is 6.61 Å². The Kier molecular flexibility index (Phi) is 5.37. The van der Waals surface area contributed by atoms with Crippen LogP contribution in [-0.4, -0.2) is 6.61 Å². The summed E-state index contributed by atoms with van der Waals surface area (Å²) in [6, 6.07) is 14.4. The van der Waals surface area contributed by atoms with Crippen LogP contribution in [0.5, 0.6) is 5.75 Å². The molecule has 0 bridgehead atoms. The van der Waals surface area contributed by atoms with Gasteiger partial charge in [0.2, 0.25) is 0 Å². The highest BCUT2D eigenvalue weighted by Gasteiger charge is 2.17. The Labute approximate surface area is 127 Å². The van der Waals surface area contributed by atoms with Crippen LogP contribution in [0.2, 0.25) is 0 Å². The molecule has 0 amide bonds. The van der Waals surface area contributed by atoms with Gasteiger partial charge in [0, 0.05) is 5.56 Å². The predicted molar refractivity (Wildman–Crippen MR) is 87.3 cm³/mol. The van der Waals surface area contributed by atoms with Crippen molar-refractivity contribution in [3.63, 3.8) is 0 Å². The molecular weight excluding hydrogens is 260 g/mol. The van der Waals surface area contributed by atoms with Crippen LogP contribution in [0.3, 0.4) is 0 Å². The number of aryl methyl sites for hydroxylation is 2. The van der Waals surface area contributed by atoms with Crippen LogP contribution < -0.4 is 16.0 Å². The Balaban J connectivity index is 2.38. The van der Waals surface area contributed by atoms with E-state index in [1.807, 2.05) is 18.2 Å². The number of benzene rings is 2. The van der Waals surface area contributed by atoms with E-state index in [2.05, 4.69) is 50.5 Å². The Morgan fingerprint density at radius 3 is 2.52 bits per heavy atom. The van der Waals surface area contributed by atoms with Gasteiger partial charge in [-0.15, -0.1) is 0 Å². The smallest absolute Gasteiger partial charge is 0.124 e. The molecule has 0 heterocycles. The van der Waals surface area contributed by atoms with Gasteiger partial charge < -0.3 is 4.74 Å². The van der Waals surface area contributed by atoms with Crippen LogP contribution in [0.4, 0.5) is 0 Å². The molecule has 0 saturated carbocycles. The lowest BCUT2D eigenvalue weighted by Crippen LogP contribution is -2.29. The second kappa shape index (κ2) is 7.25. The van der Waals surface area contributed by atoms with Gasteiger partial charge in [-0.2, -0.15) is 0 Å². The number of nitrogens with two attached hydrogens (primary N) is 1. The lowest BCUT2D eigenvalue weighted by atomic mass is 9.95. The van der Waals surface area contributed by atoms with E-state index in [-0.39, 0.29) is 6.04 Å². The molecule has 3 nitrogen and oxygen atoms in total. The van der Waals surface area contributed by atoms with Gasteiger partial charge >= 0.3 is 0 Å². The molecule has 112 valence electrons. The van der Waals surface area contributed by atoms with Gasteiger partial charge in [0.1, 0.15) is 5.75 Å². The Hall–Kier alpha value is -1.84. The van der Waals surface area contributed by atoms with Crippen LogP contribution in [0, 0.1) is 13.8 Å². The topological polar surface area (TPSA) is 47.3 Å².